The molecule has 0 saturated carbocycles. The first-order valence-corrected chi connectivity index (χ1v) is 9.77. The zero-order valence-electron chi connectivity index (χ0n) is 16.5. The summed E-state index contributed by atoms with van der Waals surface area (Å²) >= 11 is 1.16. The van der Waals surface area contributed by atoms with E-state index >= 15 is 0 Å². The molecular weight excluding hydrogens is 415 g/mol. The van der Waals surface area contributed by atoms with Crippen LogP contribution in [0.2, 0.25) is 0 Å². The zero-order valence-corrected chi connectivity index (χ0v) is 19.3. The third kappa shape index (κ3) is 3.70. The van der Waals surface area contributed by atoms with Gasteiger partial charge in [-0.15, -0.1) is 0 Å². The first-order chi connectivity index (χ1) is 14.0. The number of hydrogen-bond acceptors (Lipinski definition) is 6. The normalized spacial score (nSPS) is 22.1. The Balaban J connectivity index is 0.00000256. The second-order valence-electron chi connectivity index (χ2n) is 6.63. The number of fused-ring (bicyclic) bond motifs is 1. The third-order valence-electron chi connectivity index (χ3n) is 4.89. The van der Waals surface area contributed by atoms with Crippen molar-refractivity contribution in [1.29, 1.82) is 0 Å². The van der Waals surface area contributed by atoms with Crippen molar-refractivity contribution in [2.75, 3.05) is 7.11 Å². The summed E-state index contributed by atoms with van der Waals surface area (Å²) in [6.45, 7) is 0. The molecule has 4 rings (SSSR count). The van der Waals surface area contributed by atoms with E-state index in [1.54, 1.807) is 24.3 Å². The second-order valence-corrected chi connectivity index (χ2v) is 7.72. The number of carbonyl (C=O) groups excluding carboxylic acids is 3. The Kier molecular flexibility index (Phi) is 6.74. The minimum atomic E-state index is -1.63. The molecule has 148 valence electrons. The maximum atomic E-state index is 12.9. The van der Waals surface area contributed by atoms with Crippen LogP contribution in [0, 0.1) is 0 Å². The summed E-state index contributed by atoms with van der Waals surface area (Å²) in [6.07, 6.45) is 0.0724. The van der Waals surface area contributed by atoms with Crippen molar-refractivity contribution < 1.29 is 53.8 Å². The number of β-lactam (4-membered cyclic amide) rings is 1. The number of aliphatic carboxylic acids is 1. The summed E-state index contributed by atoms with van der Waals surface area (Å²) in [4.78, 5) is 38.8. The molecule has 1 unspecified atom stereocenters. The SMILES string of the molecule is COC1(NC(=O)Cc2ccccc2)C(=O)N2C(C(=O)[O-])=C(c3ccccc3)S[C@H]21.[Na+]. The first kappa shape index (κ1) is 22.6. The van der Waals surface area contributed by atoms with Gasteiger partial charge in [-0.25, -0.2) is 0 Å². The molecule has 30 heavy (non-hydrogen) atoms. The first-order valence-electron chi connectivity index (χ1n) is 8.89. The summed E-state index contributed by atoms with van der Waals surface area (Å²) in [5.41, 5.74) is -0.397. The minimum absolute atomic E-state index is 0. The fourth-order valence-corrected chi connectivity index (χ4v) is 5.03. The Labute approximate surface area is 199 Å². The van der Waals surface area contributed by atoms with Gasteiger partial charge in [0.1, 0.15) is 5.37 Å². The Morgan fingerprint density at radius 3 is 2.30 bits per heavy atom. The molecule has 2 atom stereocenters. The zero-order chi connectivity index (χ0) is 20.6. The largest absolute Gasteiger partial charge is 1.00 e. The molecule has 0 radical (unpaired) electrons. The number of nitrogens with zero attached hydrogens (tertiary/aromatic N) is 1. The Bertz CT molecular complexity index is 1010. The van der Waals surface area contributed by atoms with Gasteiger partial charge in [0.25, 0.3) is 11.6 Å². The van der Waals surface area contributed by atoms with Crippen molar-refractivity contribution in [2.24, 2.45) is 0 Å². The summed E-state index contributed by atoms with van der Waals surface area (Å²) in [7, 11) is 1.32. The topological polar surface area (TPSA) is 98.8 Å². The maximum absolute atomic E-state index is 12.9. The van der Waals surface area contributed by atoms with Crippen LogP contribution in [0.4, 0.5) is 0 Å². The van der Waals surface area contributed by atoms with E-state index in [2.05, 4.69) is 5.32 Å². The fourth-order valence-electron chi connectivity index (χ4n) is 3.51. The van der Waals surface area contributed by atoms with E-state index in [0.717, 1.165) is 22.2 Å². The van der Waals surface area contributed by atoms with Crippen molar-refractivity contribution in [1.82, 2.24) is 10.2 Å². The summed E-state index contributed by atoms with van der Waals surface area (Å²) in [5, 5.41) is 13.7. The molecule has 0 aliphatic carbocycles. The van der Waals surface area contributed by atoms with Crippen LogP contribution in [0.1, 0.15) is 11.1 Å². The maximum Gasteiger partial charge on any atom is 1.00 e. The van der Waals surface area contributed by atoms with Crippen molar-refractivity contribution >= 4 is 34.5 Å². The van der Waals surface area contributed by atoms with Gasteiger partial charge in [-0.1, -0.05) is 72.4 Å². The van der Waals surface area contributed by atoms with Crippen LogP contribution in [0.25, 0.3) is 4.91 Å². The van der Waals surface area contributed by atoms with E-state index in [1.165, 1.54) is 7.11 Å². The average Bonchev–Trinajstić information content (AvgIpc) is 3.11. The van der Waals surface area contributed by atoms with E-state index in [4.69, 9.17) is 4.74 Å². The number of carboxylic acid groups (broad SMARTS) is 1. The van der Waals surface area contributed by atoms with Gasteiger partial charge in [0, 0.05) is 12.0 Å². The number of thioether (sulfide) groups is 1. The van der Waals surface area contributed by atoms with Crippen LogP contribution in [0.3, 0.4) is 0 Å². The Morgan fingerprint density at radius 2 is 1.73 bits per heavy atom. The van der Waals surface area contributed by atoms with Gasteiger partial charge < -0.3 is 20.0 Å². The molecule has 1 N–H and O–H groups in total. The van der Waals surface area contributed by atoms with Gasteiger partial charge in [-0.2, -0.15) is 0 Å². The monoisotopic (exact) mass is 432 g/mol. The number of hydrogen-bond donors (Lipinski definition) is 1. The fraction of sp³-hybridized carbons (Fsp3) is 0.190. The average molecular weight is 432 g/mol. The van der Waals surface area contributed by atoms with Crippen LogP contribution >= 0.6 is 11.8 Å². The summed E-state index contributed by atoms with van der Waals surface area (Å²) in [5.74, 6) is -2.48. The molecule has 7 nitrogen and oxygen atoms in total. The number of carbonyl (C=O) groups is 3. The third-order valence-corrected chi connectivity index (χ3v) is 6.32. The number of methoxy groups -OCH3 is 1. The molecule has 0 aromatic heterocycles. The van der Waals surface area contributed by atoms with E-state index < -0.39 is 28.9 Å². The van der Waals surface area contributed by atoms with Gasteiger partial charge in [-0.05, 0) is 11.1 Å². The quantitative estimate of drug-likeness (QED) is 0.314. The molecular formula is C21H17N2NaO5S. The molecule has 2 aromatic carbocycles. The predicted molar refractivity (Wildman–Crippen MR) is 105 cm³/mol. The molecule has 2 aromatic rings. The predicted octanol–water partition coefficient (Wildman–Crippen LogP) is -2.27. The molecule has 1 fully saturated rings. The van der Waals surface area contributed by atoms with Gasteiger partial charge in [0.15, 0.2) is 0 Å². The van der Waals surface area contributed by atoms with Crippen molar-refractivity contribution in [3.63, 3.8) is 0 Å². The number of rotatable bonds is 6. The molecule has 2 aliphatic rings. The van der Waals surface area contributed by atoms with Crippen LogP contribution in [0.5, 0.6) is 0 Å². The minimum Gasteiger partial charge on any atom is -0.543 e. The molecule has 1 saturated heterocycles. The molecule has 2 aliphatic heterocycles. The summed E-state index contributed by atoms with van der Waals surface area (Å²) < 4.78 is 5.44. The van der Waals surface area contributed by atoms with E-state index in [9.17, 15) is 19.5 Å². The van der Waals surface area contributed by atoms with Gasteiger partial charge in [-0.3, -0.25) is 14.5 Å². The van der Waals surface area contributed by atoms with Crippen molar-refractivity contribution in [2.45, 2.75) is 17.5 Å². The smallest absolute Gasteiger partial charge is 0.543 e. The second kappa shape index (κ2) is 8.95. The van der Waals surface area contributed by atoms with E-state index in [0.29, 0.717) is 10.5 Å². The standard InChI is InChI=1S/C21H18N2O5S.Na/c1-28-21(22-15(24)12-13-8-4-2-5-9-13)19(27)23-16(18(25)26)17(29-20(21)23)14-10-6-3-7-11-14;/h2-11,20H,12H2,1H3,(H,22,24)(H,25,26);/q;+1/p-1/t20-,21?;/m0./s1. The van der Waals surface area contributed by atoms with Gasteiger partial charge in [0.05, 0.1) is 18.1 Å². The molecule has 2 amide bonds. The Hall–Kier alpha value is -2.10. The van der Waals surface area contributed by atoms with Crippen LogP contribution in [0.15, 0.2) is 66.4 Å². The molecule has 0 spiro atoms. The molecule has 0 bridgehead atoms. The van der Waals surface area contributed by atoms with Gasteiger partial charge in [0.2, 0.25) is 5.91 Å². The number of benzene rings is 2. The number of carboxylic acids is 1. The van der Waals surface area contributed by atoms with E-state index in [-0.39, 0.29) is 41.7 Å². The molecule has 9 heteroatoms. The summed E-state index contributed by atoms with van der Waals surface area (Å²) in [6, 6.07) is 18.0. The number of nitrogens with one attached hydrogen (secondary N) is 1. The van der Waals surface area contributed by atoms with Crippen molar-refractivity contribution in [3.05, 3.63) is 77.5 Å². The van der Waals surface area contributed by atoms with Crippen LogP contribution in [-0.2, 0) is 25.5 Å². The molecule has 2 heterocycles. The Morgan fingerprint density at radius 1 is 1.13 bits per heavy atom. The number of amides is 2. The number of ether oxygens (including phenoxy) is 1. The van der Waals surface area contributed by atoms with E-state index in [1.807, 2.05) is 36.4 Å². The van der Waals surface area contributed by atoms with Gasteiger partial charge >= 0.3 is 29.6 Å². The van der Waals surface area contributed by atoms with Crippen LogP contribution in [-0.4, -0.2) is 40.9 Å². The van der Waals surface area contributed by atoms with Crippen LogP contribution < -0.4 is 40.0 Å². The van der Waals surface area contributed by atoms with Crippen molar-refractivity contribution in [3.8, 4) is 0 Å².